The van der Waals surface area contributed by atoms with E-state index < -0.39 is 4.92 Å². The van der Waals surface area contributed by atoms with Gasteiger partial charge in [-0.2, -0.15) is 5.26 Å². The molecule has 0 N–H and O–H groups in total. The Morgan fingerprint density at radius 2 is 1.81 bits per heavy atom. The van der Waals surface area contributed by atoms with Gasteiger partial charge in [0.05, 0.1) is 28.3 Å². The van der Waals surface area contributed by atoms with Gasteiger partial charge in [-0.1, -0.05) is 0 Å². The number of nitrogens with zero attached hydrogens (tertiary/aromatic N) is 7. The van der Waals surface area contributed by atoms with E-state index in [0.717, 1.165) is 32.0 Å². The van der Waals surface area contributed by atoms with E-state index in [1.165, 1.54) is 12.1 Å². The first-order chi connectivity index (χ1) is 13.2. The molecule has 3 heterocycles. The second kappa shape index (κ2) is 6.84. The predicted molar refractivity (Wildman–Crippen MR) is 99.6 cm³/mol. The fraction of sp³-hybridized carbons (Fsp3) is 0.222. The fourth-order valence-corrected chi connectivity index (χ4v) is 3.19. The molecule has 0 saturated carbocycles. The average molecular weight is 361 g/mol. The Labute approximate surface area is 154 Å². The van der Waals surface area contributed by atoms with Gasteiger partial charge in [0.15, 0.2) is 0 Å². The number of hydrogen-bond donors (Lipinski definition) is 0. The monoisotopic (exact) mass is 361 g/mol. The quantitative estimate of drug-likeness (QED) is 0.515. The summed E-state index contributed by atoms with van der Waals surface area (Å²) >= 11 is 0. The van der Waals surface area contributed by atoms with E-state index in [1.54, 1.807) is 30.7 Å². The molecule has 0 atom stereocenters. The van der Waals surface area contributed by atoms with E-state index in [1.807, 2.05) is 0 Å². The molecule has 1 aliphatic rings. The molecule has 9 heteroatoms. The van der Waals surface area contributed by atoms with E-state index >= 15 is 0 Å². The van der Waals surface area contributed by atoms with Gasteiger partial charge in [0.2, 0.25) is 0 Å². The zero-order valence-corrected chi connectivity index (χ0v) is 14.3. The van der Waals surface area contributed by atoms with Crippen LogP contribution in [-0.2, 0) is 0 Å². The molecule has 1 aromatic carbocycles. The van der Waals surface area contributed by atoms with Crippen LogP contribution in [0.25, 0.3) is 10.9 Å². The van der Waals surface area contributed by atoms with Gasteiger partial charge in [0.1, 0.15) is 11.6 Å². The summed E-state index contributed by atoms with van der Waals surface area (Å²) in [4.78, 5) is 27.8. The Bertz CT molecular complexity index is 1040. The second-order valence-electron chi connectivity index (χ2n) is 6.14. The molecule has 0 unspecified atom stereocenters. The normalized spacial score (nSPS) is 14.2. The highest BCUT2D eigenvalue weighted by atomic mass is 16.6. The van der Waals surface area contributed by atoms with Crippen molar-refractivity contribution >= 4 is 28.2 Å². The summed E-state index contributed by atoms with van der Waals surface area (Å²) in [5.74, 6) is 1.54. The SMILES string of the molecule is N#Cc1cc(N2CCN(c3cnccn3)CC2)nc2ccc([N+](=O)[O-])cc12. The molecule has 3 aromatic rings. The van der Waals surface area contributed by atoms with Crippen molar-refractivity contribution in [1.29, 1.82) is 5.26 Å². The molecule has 0 aliphatic carbocycles. The Morgan fingerprint density at radius 1 is 1.07 bits per heavy atom. The number of anilines is 2. The van der Waals surface area contributed by atoms with Crippen molar-refractivity contribution in [1.82, 2.24) is 15.0 Å². The summed E-state index contributed by atoms with van der Waals surface area (Å²) in [5.41, 5.74) is 0.909. The van der Waals surface area contributed by atoms with Gasteiger partial charge in [0, 0.05) is 56.1 Å². The number of non-ortho nitro benzene ring substituents is 1. The molecule has 1 aliphatic heterocycles. The molecular weight excluding hydrogens is 346 g/mol. The van der Waals surface area contributed by atoms with Crippen LogP contribution in [-0.4, -0.2) is 46.1 Å². The first-order valence-electron chi connectivity index (χ1n) is 8.41. The van der Waals surface area contributed by atoms with Gasteiger partial charge >= 0.3 is 0 Å². The Balaban J connectivity index is 1.60. The molecule has 1 fully saturated rings. The lowest BCUT2D eigenvalue weighted by Crippen LogP contribution is -2.47. The topological polar surface area (TPSA) is 112 Å². The zero-order valence-electron chi connectivity index (χ0n) is 14.3. The second-order valence-corrected chi connectivity index (χ2v) is 6.14. The van der Waals surface area contributed by atoms with Crippen LogP contribution in [0, 0.1) is 21.4 Å². The van der Waals surface area contributed by atoms with E-state index in [2.05, 4.69) is 30.8 Å². The fourth-order valence-electron chi connectivity index (χ4n) is 3.19. The van der Waals surface area contributed by atoms with Crippen LogP contribution in [0.4, 0.5) is 17.3 Å². The van der Waals surface area contributed by atoms with Crippen LogP contribution < -0.4 is 9.80 Å². The van der Waals surface area contributed by atoms with Crippen molar-refractivity contribution in [3.05, 3.63) is 58.5 Å². The number of hydrogen-bond acceptors (Lipinski definition) is 8. The van der Waals surface area contributed by atoms with Crippen LogP contribution >= 0.6 is 0 Å². The molecule has 1 saturated heterocycles. The number of nitro groups is 1. The molecule has 4 rings (SSSR count). The highest BCUT2D eigenvalue weighted by Gasteiger charge is 2.21. The summed E-state index contributed by atoms with van der Waals surface area (Å²) in [6, 6.07) is 8.23. The van der Waals surface area contributed by atoms with Gasteiger partial charge in [-0.15, -0.1) is 0 Å². The molecule has 2 aromatic heterocycles. The Kier molecular flexibility index (Phi) is 4.22. The molecule has 0 amide bonds. The van der Waals surface area contributed by atoms with Crippen molar-refractivity contribution in [3.8, 4) is 6.07 Å². The van der Waals surface area contributed by atoms with Crippen LogP contribution in [0.5, 0.6) is 0 Å². The smallest absolute Gasteiger partial charge is 0.270 e. The number of fused-ring (bicyclic) bond motifs is 1. The first-order valence-corrected chi connectivity index (χ1v) is 8.41. The van der Waals surface area contributed by atoms with E-state index in [-0.39, 0.29) is 5.69 Å². The number of pyridine rings is 1. The molecule has 9 nitrogen and oxygen atoms in total. The standard InChI is InChI=1S/C18H15N7O2/c19-11-13-9-17(22-16-2-1-14(25(26)27)10-15(13)16)23-5-7-24(8-6-23)18-12-20-3-4-21-18/h1-4,9-10,12H,5-8H2. The van der Waals surface area contributed by atoms with Crippen molar-refractivity contribution in [2.75, 3.05) is 36.0 Å². The van der Waals surface area contributed by atoms with E-state index in [0.29, 0.717) is 22.3 Å². The number of aromatic nitrogens is 3. The van der Waals surface area contributed by atoms with Gasteiger partial charge in [-0.3, -0.25) is 15.1 Å². The maximum atomic E-state index is 11.0. The minimum absolute atomic E-state index is 0.0499. The van der Waals surface area contributed by atoms with Crippen LogP contribution in [0.1, 0.15) is 5.56 Å². The summed E-state index contributed by atoms with van der Waals surface area (Å²) in [7, 11) is 0. The van der Waals surface area contributed by atoms with E-state index in [4.69, 9.17) is 0 Å². The molecule has 0 spiro atoms. The number of benzene rings is 1. The third kappa shape index (κ3) is 3.20. The summed E-state index contributed by atoms with van der Waals surface area (Å²) in [6.07, 6.45) is 5.06. The third-order valence-electron chi connectivity index (χ3n) is 4.59. The molecule has 134 valence electrons. The lowest BCUT2D eigenvalue weighted by molar-refractivity contribution is -0.384. The summed E-state index contributed by atoms with van der Waals surface area (Å²) in [5, 5.41) is 21.0. The number of piperazine rings is 1. The number of nitro benzene ring substituents is 1. The minimum Gasteiger partial charge on any atom is -0.353 e. The summed E-state index contributed by atoms with van der Waals surface area (Å²) in [6.45, 7) is 2.99. The maximum absolute atomic E-state index is 11.0. The maximum Gasteiger partial charge on any atom is 0.270 e. The Morgan fingerprint density at radius 3 is 2.44 bits per heavy atom. The van der Waals surface area contributed by atoms with Crippen molar-refractivity contribution in [2.24, 2.45) is 0 Å². The van der Waals surface area contributed by atoms with Gasteiger partial charge in [-0.25, -0.2) is 9.97 Å². The average Bonchev–Trinajstić information content (AvgIpc) is 2.73. The molecule has 0 bridgehead atoms. The highest BCUT2D eigenvalue weighted by Crippen LogP contribution is 2.27. The largest absolute Gasteiger partial charge is 0.353 e. The molecule has 27 heavy (non-hydrogen) atoms. The van der Waals surface area contributed by atoms with Crippen LogP contribution in [0.2, 0.25) is 0 Å². The lowest BCUT2D eigenvalue weighted by Gasteiger charge is -2.36. The first kappa shape index (κ1) is 16.7. The third-order valence-corrected chi connectivity index (χ3v) is 4.59. The molecular formula is C18H15N7O2. The number of nitriles is 1. The van der Waals surface area contributed by atoms with Crippen molar-refractivity contribution < 1.29 is 4.92 Å². The van der Waals surface area contributed by atoms with Crippen LogP contribution in [0.3, 0.4) is 0 Å². The van der Waals surface area contributed by atoms with Gasteiger partial charge < -0.3 is 9.80 Å². The highest BCUT2D eigenvalue weighted by molar-refractivity contribution is 5.88. The summed E-state index contributed by atoms with van der Waals surface area (Å²) < 4.78 is 0. The van der Waals surface area contributed by atoms with Crippen molar-refractivity contribution in [3.63, 3.8) is 0 Å². The Hall–Kier alpha value is -3.80. The van der Waals surface area contributed by atoms with Gasteiger partial charge in [-0.05, 0) is 12.1 Å². The minimum atomic E-state index is -0.472. The molecule has 0 radical (unpaired) electrons. The zero-order chi connectivity index (χ0) is 18.8. The number of rotatable bonds is 3. The van der Waals surface area contributed by atoms with Crippen molar-refractivity contribution in [2.45, 2.75) is 0 Å². The predicted octanol–water partition coefficient (Wildman–Crippen LogP) is 2.13. The lowest BCUT2D eigenvalue weighted by atomic mass is 10.1. The van der Waals surface area contributed by atoms with Crippen LogP contribution in [0.15, 0.2) is 42.9 Å². The van der Waals surface area contributed by atoms with E-state index in [9.17, 15) is 15.4 Å². The van der Waals surface area contributed by atoms with Gasteiger partial charge in [0.25, 0.3) is 5.69 Å².